The average molecular weight is 415 g/mol. The van der Waals surface area contributed by atoms with Crippen LogP contribution in [0.2, 0.25) is 10.0 Å². The number of hydrogen-bond donors (Lipinski definition) is 0. The molecule has 2 bridgehead atoms. The average Bonchev–Trinajstić information content (AvgIpc) is 2.99. The van der Waals surface area contributed by atoms with E-state index < -0.39 is 0 Å². The Bertz CT molecular complexity index is 903. The van der Waals surface area contributed by atoms with Crippen LogP contribution in [0, 0.1) is 0 Å². The molecule has 2 heterocycles. The molecule has 2 unspecified atom stereocenters. The van der Waals surface area contributed by atoms with Gasteiger partial charge in [-0.2, -0.15) is 0 Å². The van der Waals surface area contributed by atoms with E-state index in [9.17, 15) is 4.79 Å². The first-order valence-electron chi connectivity index (χ1n) is 10.3. The molecule has 146 valence electrons. The van der Waals surface area contributed by atoms with Gasteiger partial charge in [0.05, 0.1) is 6.04 Å². The summed E-state index contributed by atoms with van der Waals surface area (Å²) in [5.41, 5.74) is 4.66. The topological polar surface area (TPSA) is 23.6 Å². The van der Waals surface area contributed by atoms with Crippen molar-refractivity contribution in [1.29, 1.82) is 0 Å². The van der Waals surface area contributed by atoms with Crippen molar-refractivity contribution in [3.05, 3.63) is 63.1 Å². The van der Waals surface area contributed by atoms with Gasteiger partial charge in [0.2, 0.25) is 0 Å². The number of rotatable bonds is 2. The zero-order valence-corrected chi connectivity index (χ0v) is 17.3. The predicted molar refractivity (Wildman–Crippen MR) is 115 cm³/mol. The zero-order valence-electron chi connectivity index (χ0n) is 15.8. The third kappa shape index (κ3) is 3.19. The number of anilines is 1. The van der Waals surface area contributed by atoms with E-state index in [1.807, 2.05) is 4.90 Å². The third-order valence-corrected chi connectivity index (χ3v) is 7.00. The van der Waals surface area contributed by atoms with E-state index in [0.29, 0.717) is 21.5 Å². The number of amides is 1. The van der Waals surface area contributed by atoms with Gasteiger partial charge in [0.1, 0.15) is 0 Å². The molecule has 0 saturated carbocycles. The number of halogens is 2. The molecule has 0 spiro atoms. The molecule has 5 heteroatoms. The molecule has 0 N–H and O–H groups in total. The number of carbonyl (C=O) groups excluding carboxylic acids is 1. The number of piperidine rings is 2. The summed E-state index contributed by atoms with van der Waals surface area (Å²) in [7, 11) is 0. The van der Waals surface area contributed by atoms with Crippen molar-refractivity contribution in [2.75, 3.05) is 24.5 Å². The molecule has 0 aromatic heterocycles. The number of likely N-dealkylation sites (tertiary alicyclic amines) is 1. The summed E-state index contributed by atoms with van der Waals surface area (Å²) in [6.45, 7) is 3.05. The van der Waals surface area contributed by atoms with Gasteiger partial charge in [0.25, 0.3) is 5.91 Å². The number of carbonyl (C=O) groups is 1. The van der Waals surface area contributed by atoms with Crippen molar-refractivity contribution < 1.29 is 4.79 Å². The number of fused-ring (bicyclic) bond motifs is 5. The standard InChI is InChI=1S/C23H24Cl2N2O/c24-17-10-16(11-18(25)13-17)23(28)27-9-6-15-12-22(27)21-14-19(4-5-20(15)21)26-7-2-1-3-8-26/h4-5,10-11,13-15,22H,1-3,6-9,12H2. The van der Waals surface area contributed by atoms with Crippen LogP contribution in [0.3, 0.4) is 0 Å². The Balaban J connectivity index is 1.47. The van der Waals surface area contributed by atoms with Crippen LogP contribution >= 0.6 is 23.2 Å². The van der Waals surface area contributed by atoms with E-state index in [-0.39, 0.29) is 11.9 Å². The van der Waals surface area contributed by atoms with Crippen molar-refractivity contribution in [3.63, 3.8) is 0 Å². The van der Waals surface area contributed by atoms with Crippen molar-refractivity contribution in [2.45, 2.75) is 44.1 Å². The summed E-state index contributed by atoms with van der Waals surface area (Å²) in [6, 6.07) is 12.2. The number of hydrogen-bond acceptors (Lipinski definition) is 2. The maximum absolute atomic E-state index is 13.3. The Hall–Kier alpha value is -1.71. The fourth-order valence-corrected chi connectivity index (χ4v) is 5.73. The highest BCUT2D eigenvalue weighted by Gasteiger charge is 2.41. The van der Waals surface area contributed by atoms with Crippen LogP contribution in [-0.4, -0.2) is 30.4 Å². The molecule has 1 amide bonds. The van der Waals surface area contributed by atoms with E-state index in [4.69, 9.17) is 23.2 Å². The Kier molecular flexibility index (Phi) is 4.76. The molecule has 2 fully saturated rings. The SMILES string of the molecule is O=C(c1cc(Cl)cc(Cl)c1)N1CCC2CC1c1cc(N3CCCCC3)ccc12. The molecule has 0 radical (unpaired) electrons. The van der Waals surface area contributed by atoms with Gasteiger partial charge in [0.15, 0.2) is 0 Å². The molecule has 2 saturated heterocycles. The Morgan fingerprint density at radius 2 is 1.64 bits per heavy atom. The lowest BCUT2D eigenvalue weighted by Crippen LogP contribution is -2.37. The highest BCUT2D eigenvalue weighted by Crippen LogP contribution is 2.50. The maximum atomic E-state index is 13.3. The van der Waals surface area contributed by atoms with E-state index in [0.717, 1.165) is 32.5 Å². The first-order chi connectivity index (χ1) is 13.6. The normalized spacial score (nSPS) is 23.6. The zero-order chi connectivity index (χ0) is 19.3. The predicted octanol–water partition coefficient (Wildman–Crippen LogP) is 6.06. The minimum absolute atomic E-state index is 0.0316. The van der Waals surface area contributed by atoms with E-state index in [1.54, 1.807) is 18.2 Å². The summed E-state index contributed by atoms with van der Waals surface area (Å²) in [5, 5.41) is 1.01. The number of benzene rings is 2. The van der Waals surface area contributed by atoms with E-state index in [2.05, 4.69) is 23.1 Å². The van der Waals surface area contributed by atoms with Gasteiger partial charge in [-0.15, -0.1) is 0 Å². The molecule has 28 heavy (non-hydrogen) atoms. The van der Waals surface area contributed by atoms with Crippen molar-refractivity contribution in [1.82, 2.24) is 4.90 Å². The number of nitrogens with zero attached hydrogens (tertiary/aromatic N) is 2. The maximum Gasteiger partial charge on any atom is 0.254 e. The van der Waals surface area contributed by atoms with Crippen molar-refractivity contribution in [3.8, 4) is 0 Å². The molecule has 2 aromatic rings. The van der Waals surface area contributed by atoms with Gasteiger partial charge in [-0.3, -0.25) is 4.79 Å². The minimum atomic E-state index is 0.0316. The summed E-state index contributed by atoms with van der Waals surface area (Å²) in [6.07, 6.45) is 5.91. The van der Waals surface area contributed by atoms with Gasteiger partial charge in [-0.25, -0.2) is 0 Å². The smallest absolute Gasteiger partial charge is 0.254 e. The summed E-state index contributed by atoms with van der Waals surface area (Å²) in [5.74, 6) is 0.603. The molecular weight excluding hydrogens is 391 g/mol. The largest absolute Gasteiger partial charge is 0.372 e. The summed E-state index contributed by atoms with van der Waals surface area (Å²) in [4.78, 5) is 17.8. The lowest BCUT2D eigenvalue weighted by molar-refractivity contribution is 0.0620. The first kappa shape index (κ1) is 18.3. The minimum Gasteiger partial charge on any atom is -0.372 e. The first-order valence-corrected chi connectivity index (χ1v) is 11.0. The molecular formula is C23H24Cl2N2O. The fourth-order valence-electron chi connectivity index (χ4n) is 5.20. The van der Waals surface area contributed by atoms with Gasteiger partial charge in [-0.05, 0) is 79.5 Å². The second-order valence-electron chi connectivity index (χ2n) is 8.25. The summed E-state index contributed by atoms with van der Waals surface area (Å²) < 4.78 is 0. The van der Waals surface area contributed by atoms with Crippen LogP contribution in [0.15, 0.2) is 36.4 Å². The fraction of sp³-hybridized carbons (Fsp3) is 0.435. The van der Waals surface area contributed by atoms with Crippen LogP contribution < -0.4 is 4.90 Å². The van der Waals surface area contributed by atoms with Crippen LogP contribution in [0.1, 0.15) is 65.5 Å². The van der Waals surface area contributed by atoms with Crippen LogP contribution in [0.4, 0.5) is 5.69 Å². The van der Waals surface area contributed by atoms with Gasteiger partial charge in [-0.1, -0.05) is 29.3 Å². The van der Waals surface area contributed by atoms with E-state index in [1.165, 1.54) is 36.1 Å². The molecule has 5 rings (SSSR count). The lowest BCUT2D eigenvalue weighted by Gasteiger charge is -2.34. The molecule has 3 aliphatic rings. The van der Waals surface area contributed by atoms with Gasteiger partial charge in [0, 0.05) is 40.9 Å². The van der Waals surface area contributed by atoms with Gasteiger partial charge >= 0.3 is 0 Å². The van der Waals surface area contributed by atoms with Crippen LogP contribution in [0.25, 0.3) is 0 Å². The van der Waals surface area contributed by atoms with E-state index >= 15 is 0 Å². The summed E-state index contributed by atoms with van der Waals surface area (Å²) >= 11 is 12.3. The molecule has 2 aromatic carbocycles. The van der Waals surface area contributed by atoms with Gasteiger partial charge < -0.3 is 9.80 Å². The second kappa shape index (κ2) is 7.27. The quantitative estimate of drug-likeness (QED) is 0.596. The second-order valence-corrected chi connectivity index (χ2v) is 9.13. The molecule has 2 aliphatic heterocycles. The highest BCUT2D eigenvalue weighted by molar-refractivity contribution is 6.35. The van der Waals surface area contributed by atoms with Crippen molar-refractivity contribution >= 4 is 34.8 Å². The Morgan fingerprint density at radius 1 is 0.893 bits per heavy atom. The van der Waals surface area contributed by atoms with Crippen LogP contribution in [-0.2, 0) is 0 Å². The monoisotopic (exact) mass is 414 g/mol. The molecule has 3 nitrogen and oxygen atoms in total. The highest BCUT2D eigenvalue weighted by atomic mass is 35.5. The van der Waals surface area contributed by atoms with Crippen molar-refractivity contribution in [2.24, 2.45) is 0 Å². The Morgan fingerprint density at radius 3 is 2.39 bits per heavy atom. The third-order valence-electron chi connectivity index (χ3n) is 6.56. The Labute approximate surface area is 176 Å². The molecule has 1 aliphatic carbocycles. The van der Waals surface area contributed by atoms with Crippen LogP contribution in [0.5, 0.6) is 0 Å². The molecule has 2 atom stereocenters. The lowest BCUT2D eigenvalue weighted by atomic mass is 9.95.